The van der Waals surface area contributed by atoms with Crippen LogP contribution in [0.5, 0.6) is 5.75 Å². The molecule has 3 rings (SSSR count). The second kappa shape index (κ2) is 6.20. The van der Waals surface area contributed by atoms with Crippen molar-refractivity contribution in [3.8, 4) is 17.1 Å². The number of ether oxygens (including phenoxy) is 1. The number of hydrogen-bond donors (Lipinski definition) is 1. The first kappa shape index (κ1) is 15.8. The molecule has 0 bridgehead atoms. The molecule has 0 spiro atoms. The van der Waals surface area contributed by atoms with Gasteiger partial charge in [0.05, 0.1) is 28.6 Å². The van der Waals surface area contributed by atoms with Crippen LogP contribution in [0.2, 0.25) is 0 Å². The molecule has 1 aliphatic rings. The van der Waals surface area contributed by atoms with Gasteiger partial charge in [-0.2, -0.15) is 4.99 Å². The van der Waals surface area contributed by atoms with Gasteiger partial charge in [-0.15, -0.1) is 0 Å². The first-order valence-corrected chi connectivity index (χ1v) is 7.50. The van der Waals surface area contributed by atoms with Gasteiger partial charge in [0.1, 0.15) is 17.3 Å². The largest absolute Gasteiger partial charge is 0.496 e. The Morgan fingerprint density at radius 2 is 2.17 bits per heavy atom. The number of nitrogens with zero attached hydrogens (tertiary/aromatic N) is 2. The predicted octanol–water partition coefficient (Wildman–Crippen LogP) is 2.79. The second-order valence-corrected chi connectivity index (χ2v) is 5.77. The zero-order valence-corrected chi connectivity index (χ0v) is 13.2. The van der Waals surface area contributed by atoms with E-state index in [4.69, 9.17) is 14.9 Å². The molecule has 0 fully saturated rings. The molecular formula is C15H11N3O5S. The molecule has 1 aliphatic heterocycles. The van der Waals surface area contributed by atoms with Crippen molar-refractivity contribution in [2.24, 2.45) is 10.7 Å². The van der Waals surface area contributed by atoms with E-state index < -0.39 is 10.8 Å². The maximum absolute atomic E-state index is 11.6. The van der Waals surface area contributed by atoms with Gasteiger partial charge < -0.3 is 14.9 Å². The van der Waals surface area contributed by atoms with Crippen molar-refractivity contribution in [3.05, 3.63) is 51.1 Å². The molecule has 0 aliphatic carbocycles. The van der Waals surface area contributed by atoms with Gasteiger partial charge in [0.15, 0.2) is 5.17 Å². The first-order valence-electron chi connectivity index (χ1n) is 6.68. The highest BCUT2D eigenvalue weighted by atomic mass is 32.2. The minimum atomic E-state index is -0.502. The average molecular weight is 345 g/mol. The van der Waals surface area contributed by atoms with E-state index in [9.17, 15) is 14.9 Å². The SMILES string of the molecule is COc1cc([N+](=O)[O-])ccc1-c1ccc(/C=C2\SC(N)=NC2=O)o1. The molecule has 0 saturated heterocycles. The predicted molar refractivity (Wildman–Crippen MR) is 89.5 cm³/mol. The van der Waals surface area contributed by atoms with Gasteiger partial charge >= 0.3 is 0 Å². The van der Waals surface area contributed by atoms with Crippen LogP contribution in [-0.4, -0.2) is 23.1 Å². The minimum absolute atomic E-state index is 0.0786. The van der Waals surface area contributed by atoms with Crippen molar-refractivity contribution in [1.29, 1.82) is 0 Å². The Morgan fingerprint density at radius 1 is 1.38 bits per heavy atom. The number of aliphatic imine (C=N–C) groups is 1. The van der Waals surface area contributed by atoms with Crippen LogP contribution in [0.3, 0.4) is 0 Å². The van der Waals surface area contributed by atoms with Crippen molar-refractivity contribution >= 4 is 34.6 Å². The fourth-order valence-corrected chi connectivity index (χ4v) is 2.79. The van der Waals surface area contributed by atoms with Crippen molar-refractivity contribution < 1.29 is 18.9 Å². The molecule has 0 radical (unpaired) electrons. The number of nitro benzene ring substituents is 1. The number of thioether (sulfide) groups is 1. The first-order chi connectivity index (χ1) is 11.5. The summed E-state index contributed by atoms with van der Waals surface area (Å²) in [5.41, 5.74) is 5.98. The number of rotatable bonds is 4. The number of amidine groups is 1. The van der Waals surface area contributed by atoms with Crippen molar-refractivity contribution in [1.82, 2.24) is 0 Å². The molecule has 1 amide bonds. The van der Waals surface area contributed by atoms with Gasteiger partial charge in [-0.1, -0.05) is 0 Å². The summed E-state index contributed by atoms with van der Waals surface area (Å²) in [5.74, 6) is 0.795. The molecule has 2 heterocycles. The number of furan rings is 1. The van der Waals surface area contributed by atoms with E-state index >= 15 is 0 Å². The number of non-ortho nitro benzene ring substituents is 1. The molecule has 1 aromatic carbocycles. The third-order valence-electron chi connectivity index (χ3n) is 3.20. The number of amides is 1. The van der Waals surface area contributed by atoms with E-state index in [0.29, 0.717) is 27.7 Å². The maximum atomic E-state index is 11.6. The Balaban J connectivity index is 1.93. The zero-order valence-electron chi connectivity index (χ0n) is 12.4. The van der Waals surface area contributed by atoms with Crippen LogP contribution < -0.4 is 10.5 Å². The molecule has 122 valence electrons. The fraction of sp³-hybridized carbons (Fsp3) is 0.0667. The third-order valence-corrected chi connectivity index (χ3v) is 4.01. The highest BCUT2D eigenvalue weighted by molar-refractivity contribution is 8.18. The summed E-state index contributed by atoms with van der Waals surface area (Å²) in [5, 5.41) is 11.0. The van der Waals surface area contributed by atoms with Crippen LogP contribution in [0, 0.1) is 10.1 Å². The van der Waals surface area contributed by atoms with Gasteiger partial charge in [0.2, 0.25) is 0 Å². The van der Waals surface area contributed by atoms with Crippen LogP contribution in [0.4, 0.5) is 5.69 Å². The molecule has 24 heavy (non-hydrogen) atoms. The van der Waals surface area contributed by atoms with Crippen molar-refractivity contribution in [3.63, 3.8) is 0 Å². The molecule has 9 heteroatoms. The van der Waals surface area contributed by atoms with E-state index in [1.807, 2.05) is 0 Å². The summed E-state index contributed by atoms with van der Waals surface area (Å²) in [6, 6.07) is 7.59. The molecule has 1 aromatic heterocycles. The summed E-state index contributed by atoms with van der Waals surface area (Å²) < 4.78 is 10.9. The molecule has 0 saturated carbocycles. The quantitative estimate of drug-likeness (QED) is 0.513. The summed E-state index contributed by atoms with van der Waals surface area (Å²) in [7, 11) is 1.42. The van der Waals surface area contributed by atoms with Crippen LogP contribution in [0.15, 0.2) is 44.6 Å². The summed E-state index contributed by atoms with van der Waals surface area (Å²) in [4.78, 5) is 25.9. The lowest BCUT2D eigenvalue weighted by Gasteiger charge is -2.05. The second-order valence-electron chi connectivity index (χ2n) is 4.71. The van der Waals surface area contributed by atoms with Gasteiger partial charge in [-0.05, 0) is 30.0 Å². The molecule has 2 aromatic rings. The normalized spacial score (nSPS) is 15.6. The average Bonchev–Trinajstić information content (AvgIpc) is 3.13. The van der Waals surface area contributed by atoms with Crippen LogP contribution in [-0.2, 0) is 4.79 Å². The maximum Gasteiger partial charge on any atom is 0.286 e. The lowest BCUT2D eigenvalue weighted by molar-refractivity contribution is -0.384. The molecular weight excluding hydrogens is 334 g/mol. The van der Waals surface area contributed by atoms with E-state index in [-0.39, 0.29) is 10.9 Å². The monoisotopic (exact) mass is 345 g/mol. The van der Waals surface area contributed by atoms with Gasteiger partial charge in [-0.3, -0.25) is 14.9 Å². The van der Waals surface area contributed by atoms with E-state index in [0.717, 1.165) is 11.8 Å². The van der Waals surface area contributed by atoms with E-state index in [1.54, 1.807) is 18.2 Å². The Hall–Kier alpha value is -3.07. The summed E-state index contributed by atoms with van der Waals surface area (Å²) >= 11 is 1.07. The van der Waals surface area contributed by atoms with Crippen molar-refractivity contribution in [2.75, 3.05) is 7.11 Å². The zero-order chi connectivity index (χ0) is 17.3. The lowest BCUT2D eigenvalue weighted by Crippen LogP contribution is -2.01. The van der Waals surface area contributed by atoms with Crippen molar-refractivity contribution in [2.45, 2.75) is 0 Å². The number of nitrogens with two attached hydrogens (primary N) is 1. The highest BCUT2D eigenvalue weighted by Crippen LogP contribution is 2.35. The Labute approximate surface area is 140 Å². The van der Waals surface area contributed by atoms with Crippen LogP contribution in [0.25, 0.3) is 17.4 Å². The number of nitro groups is 1. The van der Waals surface area contributed by atoms with Crippen LogP contribution in [0.1, 0.15) is 5.76 Å². The van der Waals surface area contributed by atoms with E-state index in [2.05, 4.69) is 4.99 Å². The third kappa shape index (κ3) is 3.01. The highest BCUT2D eigenvalue weighted by Gasteiger charge is 2.20. The Kier molecular flexibility index (Phi) is 4.09. The number of methoxy groups -OCH3 is 1. The Bertz CT molecular complexity index is 900. The van der Waals surface area contributed by atoms with Gasteiger partial charge in [0, 0.05) is 12.1 Å². The fourth-order valence-electron chi connectivity index (χ4n) is 2.13. The standard InChI is InChI=1S/C15H11N3O5S/c1-22-12-6-8(18(20)21)2-4-10(12)11-5-3-9(23-11)7-13-14(19)17-15(16)24-13/h2-7H,1H3,(H2,16,17,19)/b13-7-. The molecule has 0 unspecified atom stereocenters. The molecule has 2 N–H and O–H groups in total. The summed E-state index contributed by atoms with van der Waals surface area (Å²) in [6.45, 7) is 0. The number of carbonyl (C=O) groups is 1. The smallest absolute Gasteiger partial charge is 0.286 e. The van der Waals surface area contributed by atoms with Gasteiger partial charge in [0.25, 0.3) is 11.6 Å². The molecule has 0 atom stereocenters. The molecule has 8 nitrogen and oxygen atoms in total. The summed E-state index contributed by atoms with van der Waals surface area (Å²) in [6.07, 6.45) is 1.54. The van der Waals surface area contributed by atoms with Crippen LogP contribution >= 0.6 is 11.8 Å². The van der Waals surface area contributed by atoms with E-state index in [1.165, 1.54) is 25.3 Å². The van der Waals surface area contributed by atoms with Gasteiger partial charge in [-0.25, -0.2) is 0 Å². The number of carbonyl (C=O) groups excluding carboxylic acids is 1. The topological polar surface area (TPSA) is 121 Å². The lowest BCUT2D eigenvalue weighted by atomic mass is 10.1. The number of hydrogen-bond acceptors (Lipinski definition) is 7. The number of benzene rings is 1. The minimum Gasteiger partial charge on any atom is -0.496 e. The Morgan fingerprint density at radius 3 is 2.79 bits per heavy atom.